The van der Waals surface area contributed by atoms with Gasteiger partial charge in [-0.3, -0.25) is 4.79 Å². The van der Waals surface area contributed by atoms with E-state index in [4.69, 9.17) is 4.74 Å². The van der Waals surface area contributed by atoms with E-state index in [1.165, 1.54) is 32.9 Å². The lowest BCUT2D eigenvalue weighted by atomic mass is 10.0. The smallest absolute Gasteiger partial charge is 0.251 e. The highest BCUT2D eigenvalue weighted by Crippen LogP contribution is 2.25. The molecule has 2 aromatic carbocycles. The van der Waals surface area contributed by atoms with Gasteiger partial charge in [0.15, 0.2) is 0 Å². The van der Waals surface area contributed by atoms with Crippen molar-refractivity contribution in [1.82, 2.24) is 13.9 Å². The van der Waals surface area contributed by atoms with Gasteiger partial charge in [-0.2, -0.15) is 8.61 Å². The molecule has 0 aliphatic carbocycles. The maximum absolute atomic E-state index is 13.0. The summed E-state index contributed by atoms with van der Waals surface area (Å²) in [7, 11) is -7.11. The summed E-state index contributed by atoms with van der Waals surface area (Å²) in [6.45, 7) is 4.57. The van der Waals surface area contributed by atoms with Crippen LogP contribution in [0.5, 0.6) is 5.75 Å². The van der Waals surface area contributed by atoms with Gasteiger partial charge >= 0.3 is 0 Å². The van der Waals surface area contributed by atoms with E-state index in [2.05, 4.69) is 12.2 Å². The average molecular weight is 536 g/mol. The van der Waals surface area contributed by atoms with Gasteiger partial charge in [-0.1, -0.05) is 13.0 Å². The molecule has 0 spiro atoms. The monoisotopic (exact) mass is 535 g/mol. The molecule has 1 N–H and O–H groups in total. The Morgan fingerprint density at radius 2 is 1.50 bits per heavy atom. The Kier molecular flexibility index (Phi) is 8.34. The predicted octanol–water partition coefficient (Wildman–Crippen LogP) is 2.70. The number of sulfonamides is 2. The van der Waals surface area contributed by atoms with Crippen molar-refractivity contribution in [3.8, 4) is 5.75 Å². The van der Waals surface area contributed by atoms with Crippen molar-refractivity contribution >= 4 is 26.0 Å². The Morgan fingerprint density at radius 1 is 0.889 bits per heavy atom. The molecule has 0 atom stereocenters. The summed E-state index contributed by atoms with van der Waals surface area (Å²) < 4.78 is 59.8. The van der Waals surface area contributed by atoms with Crippen LogP contribution in [0.25, 0.3) is 0 Å². The van der Waals surface area contributed by atoms with Crippen molar-refractivity contribution in [3.05, 3.63) is 54.1 Å². The number of hydrogen-bond acceptors (Lipinski definition) is 6. The molecule has 4 rings (SSSR count). The van der Waals surface area contributed by atoms with Crippen LogP contribution in [0.1, 0.15) is 43.0 Å². The minimum atomic E-state index is -3.64. The van der Waals surface area contributed by atoms with Crippen LogP contribution < -0.4 is 10.1 Å². The maximum Gasteiger partial charge on any atom is 0.251 e. The number of nitrogens with zero attached hydrogens (tertiary/aromatic N) is 2. The number of piperidine rings is 1. The second-order valence-electron chi connectivity index (χ2n) is 9.30. The highest BCUT2D eigenvalue weighted by Gasteiger charge is 2.29. The summed E-state index contributed by atoms with van der Waals surface area (Å²) in [6, 6.07) is 12.3. The zero-order chi connectivity index (χ0) is 25.8. The first-order valence-corrected chi connectivity index (χ1v) is 15.2. The lowest BCUT2D eigenvalue weighted by Gasteiger charge is -2.29. The zero-order valence-electron chi connectivity index (χ0n) is 20.4. The number of rotatable bonds is 9. The van der Waals surface area contributed by atoms with Gasteiger partial charge in [0.05, 0.1) is 16.3 Å². The number of amides is 1. The minimum Gasteiger partial charge on any atom is -0.492 e. The number of carbonyl (C=O) groups excluding carboxylic acids is 1. The topological polar surface area (TPSA) is 113 Å². The van der Waals surface area contributed by atoms with Gasteiger partial charge in [0.25, 0.3) is 5.91 Å². The molecule has 2 fully saturated rings. The minimum absolute atomic E-state index is 0.116. The fourth-order valence-electron chi connectivity index (χ4n) is 4.39. The van der Waals surface area contributed by atoms with E-state index in [1.54, 1.807) is 24.3 Å². The first-order valence-electron chi connectivity index (χ1n) is 12.3. The van der Waals surface area contributed by atoms with Crippen LogP contribution in [0.4, 0.5) is 0 Å². The highest BCUT2D eigenvalue weighted by molar-refractivity contribution is 7.89. The predicted molar refractivity (Wildman–Crippen MR) is 136 cm³/mol. The number of nitrogens with one attached hydrogen (secondary N) is 1. The van der Waals surface area contributed by atoms with Crippen molar-refractivity contribution in [2.24, 2.45) is 5.92 Å². The summed E-state index contributed by atoms with van der Waals surface area (Å²) in [6.07, 6.45) is 3.42. The second kappa shape index (κ2) is 11.3. The van der Waals surface area contributed by atoms with Crippen molar-refractivity contribution in [2.75, 3.05) is 39.3 Å². The fraction of sp³-hybridized carbons (Fsp3) is 0.480. The molecule has 2 aliphatic heterocycles. The molecule has 0 radical (unpaired) electrons. The van der Waals surface area contributed by atoms with Crippen molar-refractivity contribution in [1.29, 1.82) is 0 Å². The highest BCUT2D eigenvalue weighted by atomic mass is 32.2. The van der Waals surface area contributed by atoms with E-state index in [0.29, 0.717) is 37.8 Å². The van der Waals surface area contributed by atoms with E-state index in [-0.39, 0.29) is 28.5 Å². The Morgan fingerprint density at radius 3 is 2.17 bits per heavy atom. The van der Waals surface area contributed by atoms with Gasteiger partial charge < -0.3 is 10.1 Å². The van der Waals surface area contributed by atoms with E-state index >= 15 is 0 Å². The van der Waals surface area contributed by atoms with Crippen LogP contribution in [0.2, 0.25) is 0 Å². The molecule has 36 heavy (non-hydrogen) atoms. The third-order valence-electron chi connectivity index (χ3n) is 6.66. The number of benzene rings is 2. The lowest BCUT2D eigenvalue weighted by molar-refractivity contribution is 0.0946. The van der Waals surface area contributed by atoms with Crippen LogP contribution in [0.3, 0.4) is 0 Å². The third-order valence-corrected chi connectivity index (χ3v) is 10.5. The quantitative estimate of drug-likeness (QED) is 0.494. The van der Waals surface area contributed by atoms with E-state index in [0.717, 1.165) is 25.7 Å². The molecule has 11 heteroatoms. The van der Waals surface area contributed by atoms with Gasteiger partial charge in [-0.25, -0.2) is 16.8 Å². The van der Waals surface area contributed by atoms with E-state index < -0.39 is 26.0 Å². The molecule has 0 unspecified atom stereocenters. The number of carbonyl (C=O) groups is 1. The zero-order valence-corrected chi connectivity index (χ0v) is 22.1. The summed E-state index contributed by atoms with van der Waals surface area (Å²) >= 11 is 0. The van der Waals surface area contributed by atoms with E-state index in [1.807, 2.05) is 0 Å². The molecule has 1 amide bonds. The molecule has 0 saturated carbocycles. The Labute approximate surface area is 213 Å². The Balaban J connectivity index is 1.28. The summed E-state index contributed by atoms with van der Waals surface area (Å²) in [5.74, 6) is 0.611. The molecule has 2 heterocycles. The van der Waals surface area contributed by atoms with Gasteiger partial charge in [0.2, 0.25) is 20.0 Å². The molecule has 2 aliphatic rings. The summed E-state index contributed by atoms with van der Waals surface area (Å²) in [4.78, 5) is 12.9. The van der Waals surface area contributed by atoms with Gasteiger partial charge in [0, 0.05) is 31.7 Å². The maximum atomic E-state index is 13.0. The van der Waals surface area contributed by atoms with Gasteiger partial charge in [0.1, 0.15) is 12.4 Å². The first-order chi connectivity index (χ1) is 17.2. The van der Waals surface area contributed by atoms with Gasteiger partial charge in [-0.15, -0.1) is 0 Å². The van der Waals surface area contributed by atoms with Crippen LogP contribution in [0, 0.1) is 5.92 Å². The third kappa shape index (κ3) is 6.08. The molecular weight excluding hydrogens is 502 g/mol. The van der Waals surface area contributed by atoms with Crippen LogP contribution >= 0.6 is 0 Å². The first kappa shape index (κ1) is 26.6. The molecule has 2 aromatic rings. The molecule has 2 saturated heterocycles. The summed E-state index contributed by atoms with van der Waals surface area (Å²) in [5, 5.41) is 2.73. The van der Waals surface area contributed by atoms with Crippen molar-refractivity contribution < 1.29 is 26.4 Å². The SMILES string of the molecule is CC1CCN(S(=O)(=O)c2cccc(C(=O)NCCOc3ccc(S(=O)(=O)N4CCCC4)cc3)c2)CC1. The normalized spacial score (nSPS) is 18.2. The van der Waals surface area contributed by atoms with Crippen LogP contribution in [-0.2, 0) is 20.0 Å². The molecule has 196 valence electrons. The Hall–Kier alpha value is -2.47. The number of ether oxygens (including phenoxy) is 1. The van der Waals surface area contributed by atoms with Crippen LogP contribution in [-0.4, -0.2) is 70.7 Å². The lowest BCUT2D eigenvalue weighted by Crippen LogP contribution is -2.38. The largest absolute Gasteiger partial charge is 0.492 e. The van der Waals surface area contributed by atoms with Crippen molar-refractivity contribution in [2.45, 2.75) is 42.4 Å². The Bertz CT molecular complexity index is 1270. The summed E-state index contributed by atoms with van der Waals surface area (Å²) in [5.41, 5.74) is 0.262. The average Bonchev–Trinajstić information content (AvgIpc) is 3.43. The van der Waals surface area contributed by atoms with Crippen molar-refractivity contribution in [3.63, 3.8) is 0 Å². The van der Waals surface area contributed by atoms with Crippen LogP contribution in [0.15, 0.2) is 58.3 Å². The molecule has 9 nitrogen and oxygen atoms in total. The van der Waals surface area contributed by atoms with Gasteiger partial charge in [-0.05, 0) is 74.1 Å². The molecular formula is C25H33N3O6S2. The standard InChI is InChI=1S/C25H33N3O6S2/c1-20-11-16-28(17-12-20)36(32,33)24-6-4-5-21(19-24)25(29)26-13-18-34-22-7-9-23(10-8-22)35(30,31)27-14-2-3-15-27/h4-10,19-20H,2-3,11-18H2,1H3,(H,26,29). The number of hydrogen-bond donors (Lipinski definition) is 1. The fourth-order valence-corrected chi connectivity index (χ4v) is 7.43. The van der Waals surface area contributed by atoms with E-state index in [9.17, 15) is 21.6 Å². The second-order valence-corrected chi connectivity index (χ2v) is 13.2. The molecule has 0 bridgehead atoms. The molecule has 0 aromatic heterocycles.